The number of nitrogens with zero attached hydrogens (tertiary/aromatic N) is 9. The van der Waals surface area contributed by atoms with Gasteiger partial charge >= 0.3 is 0 Å². The van der Waals surface area contributed by atoms with E-state index in [2.05, 4.69) is 312 Å². The molecule has 20 aromatic carbocycles. The van der Waals surface area contributed by atoms with E-state index in [1.54, 1.807) is 11.3 Å². The van der Waals surface area contributed by atoms with Crippen molar-refractivity contribution in [2.45, 2.75) is 0 Å². The van der Waals surface area contributed by atoms with Crippen LogP contribution in [0.2, 0.25) is 0 Å². The van der Waals surface area contributed by atoms with E-state index in [0.717, 1.165) is 131 Å². The Kier molecular flexibility index (Phi) is 16.4. The third-order valence-electron chi connectivity index (χ3n) is 28.0. The van der Waals surface area contributed by atoms with E-state index in [1.165, 1.54) is 104 Å². The first-order valence-corrected chi connectivity index (χ1v) is 49.2. The number of thiophene rings is 3. The van der Waals surface area contributed by atoms with E-state index in [0.29, 0.717) is 39.7 Å². The minimum Gasteiger partial charge on any atom is -0.437 e. The summed E-state index contributed by atoms with van der Waals surface area (Å²) in [5.74, 6) is 1.45. The summed E-state index contributed by atoms with van der Waals surface area (Å²) in [4.78, 5) is 31.6. The van der Waals surface area contributed by atoms with Crippen LogP contribution in [0.5, 0.6) is 0 Å². The van der Waals surface area contributed by atoms with E-state index in [-0.39, 0.29) is 35.0 Å². The highest BCUT2D eigenvalue weighted by Gasteiger charge is 2.31. The summed E-state index contributed by atoms with van der Waals surface area (Å²) in [6.07, 6.45) is 0. The van der Waals surface area contributed by atoms with Gasteiger partial charge in [0.15, 0.2) is 0 Å². The zero-order valence-corrected chi connectivity index (χ0v) is 77.0. The predicted molar refractivity (Wildman–Crippen MR) is 589 cm³/mol. The molecule has 0 aliphatic carbocycles. The molecule has 0 amide bonds. The monoisotopic (exact) mass is 1860 g/mol. The molecule has 32 aromatic rings. The fraction of sp³-hybridized carbons (Fsp3) is 0. The van der Waals surface area contributed by atoms with Gasteiger partial charge in [-0.15, -0.1) is 34.0 Å². The molecule has 12 aromatic heterocycles. The Morgan fingerprint density at radius 2 is 0.475 bits per heavy atom. The Hall–Kier alpha value is -18.1. The minimum atomic E-state index is -0.461. The van der Waals surface area contributed by atoms with Crippen LogP contribution in [0, 0.1) is 0 Å². The SMILES string of the molecule is [2H]c1c([2H])c([2H])c(-c2nc(-n3c4ccccc4c4c5sc6ccccc6c5c5ccccc5c43)nc3oc4ccccc4c23)c([2H])c1[2H].c1ccc(-c2ccc(-c3nc(-n4c5ccccc5c5c6sc7ccccc7c6c6ccccc6c54)nc4oc5ccccc5c34)cc2)cc1.c1ccc(-c2cccc(-c3nc(-n4c5ccccc5c5c6sc7ccccc7c6c6ccccc6c54)nc4oc5ccccc5c34)c2)cc1. The van der Waals surface area contributed by atoms with Crippen LogP contribution in [0.15, 0.2) is 444 Å². The lowest BCUT2D eigenvalue weighted by atomic mass is 9.99. The summed E-state index contributed by atoms with van der Waals surface area (Å²) in [6, 6.07) is 137. The summed E-state index contributed by atoms with van der Waals surface area (Å²) in [6.45, 7) is 0. The molecule has 0 saturated carbocycles. The number of aromatic nitrogens is 9. The van der Waals surface area contributed by atoms with Crippen molar-refractivity contribution in [1.82, 2.24) is 43.6 Å². The van der Waals surface area contributed by atoms with Gasteiger partial charge in [-0.1, -0.05) is 370 Å². The van der Waals surface area contributed by atoms with Crippen molar-refractivity contribution in [1.29, 1.82) is 0 Å². The number of para-hydroxylation sites is 6. The molecule has 656 valence electrons. The molecule has 0 unspecified atom stereocenters. The van der Waals surface area contributed by atoms with Crippen LogP contribution in [0.4, 0.5) is 0 Å². The van der Waals surface area contributed by atoms with Crippen LogP contribution >= 0.6 is 34.0 Å². The molecule has 0 spiro atoms. The van der Waals surface area contributed by atoms with E-state index >= 15 is 0 Å². The van der Waals surface area contributed by atoms with Gasteiger partial charge in [-0.25, -0.2) is 15.0 Å². The molecule has 0 saturated heterocycles. The lowest BCUT2D eigenvalue weighted by Gasteiger charge is -2.12. The van der Waals surface area contributed by atoms with Crippen LogP contribution in [0.3, 0.4) is 0 Å². The van der Waals surface area contributed by atoms with E-state index in [1.807, 2.05) is 124 Å². The van der Waals surface area contributed by atoms with Crippen molar-refractivity contribution < 1.29 is 20.1 Å². The lowest BCUT2D eigenvalue weighted by molar-refractivity contribution is 0.651. The van der Waals surface area contributed by atoms with Crippen molar-refractivity contribution in [2.75, 3.05) is 0 Å². The number of furan rings is 3. The Morgan fingerprint density at radius 1 is 0.199 bits per heavy atom. The molecule has 0 atom stereocenters. The second kappa shape index (κ2) is 31.2. The first-order valence-electron chi connectivity index (χ1n) is 49.3. The first-order chi connectivity index (χ1) is 72.0. The molecule has 141 heavy (non-hydrogen) atoms. The molecule has 0 radical (unpaired) electrons. The molecule has 32 rings (SSSR count). The van der Waals surface area contributed by atoms with Crippen LogP contribution in [0.25, 0.3) is 298 Å². The lowest BCUT2D eigenvalue weighted by Crippen LogP contribution is -2.03. The van der Waals surface area contributed by atoms with Gasteiger partial charge in [0, 0.05) is 142 Å². The molecule has 0 fully saturated rings. The fourth-order valence-electron chi connectivity index (χ4n) is 22.0. The number of hydrogen-bond donors (Lipinski definition) is 0. The van der Waals surface area contributed by atoms with Gasteiger partial charge in [0.25, 0.3) is 0 Å². The van der Waals surface area contributed by atoms with Gasteiger partial charge in [-0.05, 0) is 99.1 Å². The van der Waals surface area contributed by atoms with Gasteiger partial charge in [0.2, 0.25) is 35.0 Å². The fourth-order valence-corrected chi connectivity index (χ4v) is 25.8. The third kappa shape index (κ3) is 12.0. The van der Waals surface area contributed by atoms with Gasteiger partial charge in [-0.3, -0.25) is 13.7 Å². The highest BCUT2D eigenvalue weighted by molar-refractivity contribution is 7.28. The molecule has 15 heteroatoms. The van der Waals surface area contributed by atoms with Crippen LogP contribution in [-0.2, 0) is 0 Å². The van der Waals surface area contributed by atoms with E-state index in [9.17, 15) is 0 Å². The van der Waals surface area contributed by atoms with Crippen molar-refractivity contribution in [3.8, 4) is 73.9 Å². The summed E-state index contributed by atoms with van der Waals surface area (Å²) >= 11 is 5.49. The van der Waals surface area contributed by atoms with Crippen molar-refractivity contribution in [3.63, 3.8) is 0 Å². The number of hydrogen-bond acceptors (Lipinski definition) is 12. The maximum atomic E-state index is 8.90. The largest absolute Gasteiger partial charge is 0.437 e. The summed E-state index contributed by atoms with van der Waals surface area (Å²) in [7, 11) is 0. The van der Waals surface area contributed by atoms with Gasteiger partial charge in [0.1, 0.15) is 16.7 Å². The maximum Gasteiger partial charge on any atom is 0.238 e. The molecule has 0 aliphatic heterocycles. The summed E-state index contributed by atoms with van der Waals surface area (Å²) in [5, 5.41) is 26.5. The second-order valence-electron chi connectivity index (χ2n) is 35.6. The van der Waals surface area contributed by atoms with Crippen LogP contribution < -0.4 is 0 Å². The van der Waals surface area contributed by atoms with Gasteiger partial charge < -0.3 is 13.3 Å². The molecule has 12 heterocycles. The molecule has 0 aliphatic rings. The highest BCUT2D eigenvalue weighted by Crippen LogP contribution is 2.54. The first kappa shape index (κ1) is 74.2. The highest BCUT2D eigenvalue weighted by atomic mass is 32.1. The maximum absolute atomic E-state index is 8.90. The normalized spacial score (nSPS) is 12.6. The van der Waals surface area contributed by atoms with E-state index < -0.39 is 18.1 Å². The smallest absolute Gasteiger partial charge is 0.238 e. The third-order valence-corrected chi connectivity index (χ3v) is 31.5. The Balaban J connectivity index is 0.000000102. The molecule has 0 N–H and O–H groups in total. The molecular weight excluding hydrogens is 1780 g/mol. The summed E-state index contributed by atoms with van der Waals surface area (Å²) in [5.41, 5.74) is 18.3. The average molecular weight is 1860 g/mol. The average Bonchev–Trinajstić information content (AvgIpc) is 1.54. The van der Waals surface area contributed by atoms with Crippen LogP contribution in [0.1, 0.15) is 6.85 Å². The van der Waals surface area contributed by atoms with E-state index in [4.69, 9.17) is 50.0 Å². The Bertz CT molecular complexity index is 11200. The van der Waals surface area contributed by atoms with Crippen molar-refractivity contribution in [3.05, 3.63) is 431 Å². The van der Waals surface area contributed by atoms with Crippen LogP contribution in [-0.4, -0.2) is 43.6 Å². The molecular formula is C126H71N9O3S3. The zero-order chi connectivity index (χ0) is 96.5. The minimum absolute atomic E-state index is 0.00118. The van der Waals surface area contributed by atoms with Crippen molar-refractivity contribution >= 4 is 258 Å². The standard InChI is InChI=1S/2C44H25N3OS.C38H21N3OS/c1-2-13-26(14-3-1)27-15-12-16-28(25-27)40-38-32-20-7-10-23-35(32)48-43(38)46-44(45-40)47-34-22-9-6-19-31(34)39-41(47)30-18-5-4-17-29(30)37-33-21-8-11-24-36(33)49-42(37)39;1-2-12-26(13-3-1)27-22-24-28(25-23-27)40-38-32-17-7-10-20-35(32)48-43(38)46-44(45-40)47-34-19-9-6-16-31(34)39-41(47)30-15-5-4-14-29(30)37-33-18-8-11-21-36(33)49-42(37)39;1-2-12-22(13-3-1)34-32-26-17-7-10-20-29(26)42-37(32)40-38(39-34)41-28-19-9-6-16-25(28)33-35(41)24-15-5-4-14-23(24)31-27-18-8-11-21-30(27)43-36(31)33/h2*1-25H;1-21H/i;;1D,2D,3D,12D,13D. The van der Waals surface area contributed by atoms with Gasteiger partial charge in [0.05, 0.1) is 73.2 Å². The molecule has 12 nitrogen and oxygen atoms in total. The summed E-state index contributed by atoms with van der Waals surface area (Å²) < 4.78 is 76.4. The molecule has 0 bridgehead atoms. The topological polar surface area (TPSA) is 132 Å². The number of benzene rings is 20. The quantitative estimate of drug-likeness (QED) is 0.146. The Labute approximate surface area is 820 Å². The van der Waals surface area contributed by atoms with Crippen molar-refractivity contribution in [2.24, 2.45) is 0 Å². The van der Waals surface area contributed by atoms with Gasteiger partial charge in [-0.2, -0.15) is 15.0 Å². The zero-order valence-electron chi connectivity index (χ0n) is 79.6. The number of fused-ring (bicyclic) bond motifs is 39. The Morgan fingerprint density at radius 3 is 0.858 bits per heavy atom. The predicted octanol–water partition coefficient (Wildman–Crippen LogP) is 35.3. The number of rotatable bonds is 8. The second-order valence-corrected chi connectivity index (χ2v) is 38.8.